The van der Waals surface area contributed by atoms with Gasteiger partial charge in [-0.3, -0.25) is 14.3 Å². The van der Waals surface area contributed by atoms with E-state index in [9.17, 15) is 19.8 Å². The molecule has 0 saturated carbocycles. The third kappa shape index (κ3) is 5.04. The van der Waals surface area contributed by atoms with Gasteiger partial charge in [-0.25, -0.2) is 4.79 Å². The van der Waals surface area contributed by atoms with Gasteiger partial charge < -0.3 is 24.4 Å². The second-order valence-corrected chi connectivity index (χ2v) is 7.44. The zero-order chi connectivity index (χ0) is 22.5. The summed E-state index contributed by atoms with van der Waals surface area (Å²) in [6.07, 6.45) is -4.29. The van der Waals surface area contributed by atoms with Crippen molar-refractivity contribution in [1.82, 2.24) is 9.55 Å². The van der Waals surface area contributed by atoms with Crippen molar-refractivity contribution in [2.75, 3.05) is 6.61 Å². The van der Waals surface area contributed by atoms with E-state index in [0.29, 0.717) is 6.61 Å². The Morgan fingerprint density at radius 1 is 0.938 bits per heavy atom. The van der Waals surface area contributed by atoms with Crippen LogP contribution in [0.1, 0.15) is 23.6 Å². The molecule has 1 saturated heterocycles. The van der Waals surface area contributed by atoms with Crippen molar-refractivity contribution in [3.8, 4) is 0 Å². The number of nitrogens with zero attached hydrogens (tertiary/aromatic N) is 1. The minimum atomic E-state index is -1.38. The lowest BCUT2D eigenvalue weighted by Gasteiger charge is -2.22. The number of nitrogens with one attached hydrogen (secondary N) is 1. The van der Waals surface area contributed by atoms with Crippen LogP contribution >= 0.6 is 0 Å². The highest BCUT2D eigenvalue weighted by atomic mass is 16.7. The summed E-state index contributed by atoms with van der Waals surface area (Å²) in [5.41, 5.74) is 0.441. The standard InChI is InChI=1S/C23H24N2O7/c26-18-11-12-25(23(29)24-18)21-20(28)19(27)17(32-21)14-31-22(16-9-5-2-6-10-16)30-13-15-7-3-1-4-8-15/h1-12,17,19-22,27-28H,13-14H2,(H,24,26,29)/t17-,19-,20-,21-,22?/m1/s1. The largest absolute Gasteiger partial charge is 0.387 e. The highest BCUT2D eigenvalue weighted by molar-refractivity contribution is 5.17. The van der Waals surface area contributed by atoms with E-state index in [1.54, 1.807) is 0 Å². The summed E-state index contributed by atoms with van der Waals surface area (Å²) >= 11 is 0. The molecule has 0 bridgehead atoms. The van der Waals surface area contributed by atoms with Crippen molar-refractivity contribution < 1.29 is 24.4 Å². The lowest BCUT2D eigenvalue weighted by atomic mass is 10.1. The van der Waals surface area contributed by atoms with E-state index in [1.165, 1.54) is 6.20 Å². The number of aromatic amines is 1. The van der Waals surface area contributed by atoms with Gasteiger partial charge in [-0.2, -0.15) is 0 Å². The maximum absolute atomic E-state index is 12.0. The maximum atomic E-state index is 12.0. The molecule has 5 atom stereocenters. The Morgan fingerprint density at radius 2 is 1.62 bits per heavy atom. The number of hydrogen-bond acceptors (Lipinski definition) is 7. The Bertz CT molecular complexity index is 1120. The Hall–Kier alpha value is -3.08. The number of ether oxygens (including phenoxy) is 3. The Morgan fingerprint density at radius 3 is 2.31 bits per heavy atom. The number of hydrogen-bond donors (Lipinski definition) is 3. The average Bonchev–Trinajstić information content (AvgIpc) is 3.09. The summed E-state index contributed by atoms with van der Waals surface area (Å²) < 4.78 is 18.6. The molecule has 4 rings (SSSR count). The number of benzene rings is 2. The lowest BCUT2D eigenvalue weighted by molar-refractivity contribution is -0.180. The van der Waals surface area contributed by atoms with Gasteiger partial charge in [0.05, 0.1) is 13.2 Å². The number of aliphatic hydroxyl groups excluding tert-OH is 2. The predicted octanol–water partition coefficient (Wildman–Crippen LogP) is 1.09. The predicted molar refractivity (Wildman–Crippen MR) is 114 cm³/mol. The number of aliphatic hydroxyl groups is 2. The molecule has 3 aromatic rings. The molecule has 0 amide bonds. The number of H-pyrrole nitrogens is 1. The first-order chi connectivity index (χ1) is 15.5. The monoisotopic (exact) mass is 440 g/mol. The molecular formula is C23H24N2O7. The number of rotatable bonds is 8. The van der Waals surface area contributed by atoms with E-state index in [-0.39, 0.29) is 6.61 Å². The molecule has 2 aromatic carbocycles. The quantitative estimate of drug-likeness (QED) is 0.448. The van der Waals surface area contributed by atoms with Crippen LogP contribution in [0.2, 0.25) is 0 Å². The summed E-state index contributed by atoms with van der Waals surface area (Å²) in [5, 5.41) is 20.8. The van der Waals surface area contributed by atoms with Crippen LogP contribution in [0.5, 0.6) is 0 Å². The molecule has 1 unspecified atom stereocenters. The van der Waals surface area contributed by atoms with Crippen molar-refractivity contribution >= 4 is 0 Å². The van der Waals surface area contributed by atoms with Crippen LogP contribution in [0.25, 0.3) is 0 Å². The van der Waals surface area contributed by atoms with E-state index < -0.39 is 42.1 Å². The van der Waals surface area contributed by atoms with Gasteiger partial charge in [0.1, 0.15) is 18.3 Å². The van der Waals surface area contributed by atoms with E-state index >= 15 is 0 Å². The molecule has 1 aliphatic rings. The average molecular weight is 440 g/mol. The Labute approximate surface area is 183 Å². The van der Waals surface area contributed by atoms with Gasteiger partial charge in [0.15, 0.2) is 12.5 Å². The third-order valence-electron chi connectivity index (χ3n) is 5.19. The Kier molecular flexibility index (Phi) is 6.93. The van der Waals surface area contributed by atoms with E-state index in [0.717, 1.165) is 21.8 Å². The van der Waals surface area contributed by atoms with E-state index in [2.05, 4.69) is 4.98 Å². The van der Waals surface area contributed by atoms with Crippen LogP contribution in [-0.4, -0.2) is 44.7 Å². The van der Waals surface area contributed by atoms with Crippen LogP contribution < -0.4 is 11.2 Å². The molecule has 168 valence electrons. The summed E-state index contributed by atoms with van der Waals surface area (Å²) in [6, 6.07) is 20.1. The summed E-state index contributed by atoms with van der Waals surface area (Å²) in [7, 11) is 0. The zero-order valence-electron chi connectivity index (χ0n) is 17.1. The molecule has 9 nitrogen and oxygen atoms in total. The van der Waals surface area contributed by atoms with Crippen molar-refractivity contribution in [3.63, 3.8) is 0 Å². The van der Waals surface area contributed by atoms with Crippen LogP contribution in [0.4, 0.5) is 0 Å². The van der Waals surface area contributed by atoms with Crippen LogP contribution in [0.15, 0.2) is 82.5 Å². The van der Waals surface area contributed by atoms with Gasteiger partial charge in [-0.15, -0.1) is 0 Å². The van der Waals surface area contributed by atoms with Crippen molar-refractivity contribution in [2.45, 2.75) is 37.4 Å². The third-order valence-corrected chi connectivity index (χ3v) is 5.19. The topological polar surface area (TPSA) is 123 Å². The van der Waals surface area contributed by atoms with Gasteiger partial charge in [0.25, 0.3) is 5.56 Å². The first kappa shape index (κ1) is 22.1. The molecule has 9 heteroatoms. The smallest absolute Gasteiger partial charge is 0.330 e. The SMILES string of the molecule is O=c1ccn([C@@H]2O[C@H](COC(OCc3ccccc3)c3ccccc3)[C@@H](O)[C@H]2O)c(=O)[nH]1. The molecule has 2 heterocycles. The highest BCUT2D eigenvalue weighted by Crippen LogP contribution is 2.30. The fourth-order valence-corrected chi connectivity index (χ4v) is 3.50. The summed E-state index contributed by atoms with van der Waals surface area (Å²) in [5.74, 6) is 0. The minimum Gasteiger partial charge on any atom is -0.387 e. The van der Waals surface area contributed by atoms with Crippen LogP contribution in [0.3, 0.4) is 0 Å². The second-order valence-electron chi connectivity index (χ2n) is 7.44. The van der Waals surface area contributed by atoms with Crippen molar-refractivity contribution in [2.24, 2.45) is 0 Å². The first-order valence-corrected chi connectivity index (χ1v) is 10.2. The molecule has 3 N–H and O–H groups in total. The molecule has 1 aromatic heterocycles. The van der Waals surface area contributed by atoms with Crippen LogP contribution in [-0.2, 0) is 20.8 Å². The molecule has 0 spiro atoms. The Balaban J connectivity index is 1.45. The molecule has 0 radical (unpaired) electrons. The molecule has 0 aliphatic carbocycles. The molecule has 1 fully saturated rings. The second kappa shape index (κ2) is 10.0. The van der Waals surface area contributed by atoms with Gasteiger partial charge in [-0.1, -0.05) is 60.7 Å². The highest BCUT2D eigenvalue weighted by Gasteiger charge is 2.44. The number of aromatic nitrogens is 2. The normalized spacial score (nSPS) is 23.8. The zero-order valence-corrected chi connectivity index (χ0v) is 17.1. The summed E-state index contributed by atoms with van der Waals surface area (Å²) in [6.45, 7) is 0.216. The van der Waals surface area contributed by atoms with Gasteiger partial charge in [0, 0.05) is 17.8 Å². The van der Waals surface area contributed by atoms with Gasteiger partial charge >= 0.3 is 5.69 Å². The van der Waals surface area contributed by atoms with Gasteiger partial charge in [0.2, 0.25) is 0 Å². The summed E-state index contributed by atoms with van der Waals surface area (Å²) in [4.78, 5) is 25.4. The fourth-order valence-electron chi connectivity index (χ4n) is 3.50. The van der Waals surface area contributed by atoms with Crippen LogP contribution in [0, 0.1) is 0 Å². The van der Waals surface area contributed by atoms with Gasteiger partial charge in [-0.05, 0) is 5.56 Å². The molecule has 32 heavy (non-hydrogen) atoms. The fraction of sp³-hybridized carbons (Fsp3) is 0.304. The van der Waals surface area contributed by atoms with Crippen molar-refractivity contribution in [3.05, 3.63) is 105 Å². The molecular weight excluding hydrogens is 416 g/mol. The first-order valence-electron chi connectivity index (χ1n) is 10.2. The minimum absolute atomic E-state index is 0.0961. The maximum Gasteiger partial charge on any atom is 0.330 e. The van der Waals surface area contributed by atoms with E-state index in [4.69, 9.17) is 14.2 Å². The van der Waals surface area contributed by atoms with E-state index in [1.807, 2.05) is 60.7 Å². The lowest BCUT2D eigenvalue weighted by Crippen LogP contribution is -2.37. The van der Waals surface area contributed by atoms with Crippen molar-refractivity contribution in [1.29, 1.82) is 0 Å². The molecule has 1 aliphatic heterocycles.